The molecule has 6 heteroatoms. The van der Waals surface area contributed by atoms with Gasteiger partial charge >= 0.3 is 0 Å². The Labute approximate surface area is 101 Å². The quantitative estimate of drug-likeness (QED) is 0.813. The van der Waals surface area contributed by atoms with Crippen molar-refractivity contribution in [2.24, 2.45) is 5.73 Å². The summed E-state index contributed by atoms with van der Waals surface area (Å²) in [6.45, 7) is 2.59. The fourth-order valence-corrected chi connectivity index (χ4v) is 1.07. The van der Waals surface area contributed by atoms with Gasteiger partial charge in [-0.25, -0.2) is 0 Å². The summed E-state index contributed by atoms with van der Waals surface area (Å²) in [6, 6.07) is 3.27. The van der Waals surface area contributed by atoms with Crippen molar-refractivity contribution < 1.29 is 13.9 Å². The zero-order chi connectivity index (χ0) is 11.3. The summed E-state index contributed by atoms with van der Waals surface area (Å²) in [4.78, 5) is 11.5. The Morgan fingerprint density at radius 1 is 1.62 bits per heavy atom. The van der Waals surface area contributed by atoms with Crippen LogP contribution in [0.5, 0.6) is 0 Å². The second-order valence-electron chi connectivity index (χ2n) is 3.31. The van der Waals surface area contributed by atoms with E-state index in [9.17, 15) is 4.79 Å². The molecule has 1 aromatic rings. The Morgan fingerprint density at radius 2 is 2.31 bits per heavy atom. The lowest BCUT2D eigenvalue weighted by molar-refractivity contribution is 0.0904. The normalized spacial score (nSPS) is 11.7. The molecule has 16 heavy (non-hydrogen) atoms. The topological polar surface area (TPSA) is 77.5 Å². The van der Waals surface area contributed by atoms with Gasteiger partial charge in [0.1, 0.15) is 12.4 Å². The molecule has 0 aliphatic heterocycles. The van der Waals surface area contributed by atoms with E-state index < -0.39 is 0 Å². The molecule has 0 saturated heterocycles. The van der Waals surface area contributed by atoms with Crippen LogP contribution in [0, 0.1) is 0 Å². The van der Waals surface area contributed by atoms with Gasteiger partial charge < -0.3 is 20.2 Å². The fourth-order valence-electron chi connectivity index (χ4n) is 1.07. The molecule has 1 atom stereocenters. The van der Waals surface area contributed by atoms with E-state index in [1.54, 1.807) is 19.2 Å². The number of rotatable bonds is 5. The van der Waals surface area contributed by atoms with E-state index in [-0.39, 0.29) is 30.1 Å². The van der Waals surface area contributed by atoms with Gasteiger partial charge in [0.25, 0.3) is 5.91 Å². The van der Waals surface area contributed by atoms with Gasteiger partial charge in [0.15, 0.2) is 5.76 Å². The lowest BCUT2D eigenvalue weighted by atomic mass is 10.3. The minimum Gasteiger partial charge on any atom is -0.453 e. The Kier molecular flexibility index (Phi) is 6.80. The van der Waals surface area contributed by atoms with Gasteiger partial charge in [0, 0.05) is 19.7 Å². The van der Waals surface area contributed by atoms with Crippen LogP contribution in [0.4, 0.5) is 0 Å². The van der Waals surface area contributed by atoms with Gasteiger partial charge in [-0.15, -0.1) is 12.4 Å². The standard InChI is InChI=1S/C10H16N2O3.ClH/c1-7(5-11)12-10(13)9-4-3-8(15-9)6-14-2;/h3-4,7H,5-6,11H2,1-2H3,(H,12,13);1H/t7-;/m1./s1. The largest absolute Gasteiger partial charge is 0.453 e. The number of nitrogens with one attached hydrogen (secondary N) is 1. The van der Waals surface area contributed by atoms with Gasteiger partial charge in [-0.05, 0) is 19.1 Å². The molecule has 92 valence electrons. The van der Waals surface area contributed by atoms with Crippen molar-refractivity contribution in [1.29, 1.82) is 0 Å². The molecule has 0 aromatic carbocycles. The predicted molar refractivity (Wildman–Crippen MR) is 62.7 cm³/mol. The summed E-state index contributed by atoms with van der Waals surface area (Å²) in [6.07, 6.45) is 0. The number of halogens is 1. The summed E-state index contributed by atoms with van der Waals surface area (Å²) < 4.78 is 10.1. The molecule has 0 fully saturated rings. The third-order valence-electron chi connectivity index (χ3n) is 1.90. The lowest BCUT2D eigenvalue weighted by Crippen LogP contribution is -2.37. The average Bonchev–Trinajstić information content (AvgIpc) is 2.67. The maximum Gasteiger partial charge on any atom is 0.287 e. The van der Waals surface area contributed by atoms with Crippen LogP contribution in [-0.2, 0) is 11.3 Å². The van der Waals surface area contributed by atoms with Crippen molar-refractivity contribution in [2.45, 2.75) is 19.6 Å². The summed E-state index contributed by atoms with van der Waals surface area (Å²) in [7, 11) is 1.57. The maximum atomic E-state index is 11.5. The highest BCUT2D eigenvalue weighted by Gasteiger charge is 2.12. The van der Waals surface area contributed by atoms with Crippen LogP contribution < -0.4 is 11.1 Å². The van der Waals surface area contributed by atoms with E-state index in [1.165, 1.54) is 0 Å². The highest BCUT2D eigenvalue weighted by molar-refractivity contribution is 5.91. The van der Waals surface area contributed by atoms with Gasteiger partial charge in [-0.1, -0.05) is 0 Å². The number of methoxy groups -OCH3 is 1. The zero-order valence-electron chi connectivity index (χ0n) is 9.36. The van der Waals surface area contributed by atoms with Gasteiger partial charge in [0.05, 0.1) is 0 Å². The number of nitrogens with two attached hydrogens (primary N) is 1. The number of hydrogen-bond acceptors (Lipinski definition) is 4. The van der Waals surface area contributed by atoms with Gasteiger partial charge in [-0.3, -0.25) is 4.79 Å². The van der Waals surface area contributed by atoms with Crippen LogP contribution in [0.2, 0.25) is 0 Å². The van der Waals surface area contributed by atoms with E-state index in [0.717, 1.165) is 0 Å². The van der Waals surface area contributed by atoms with E-state index in [4.69, 9.17) is 14.9 Å². The highest BCUT2D eigenvalue weighted by Crippen LogP contribution is 2.08. The number of ether oxygens (including phenoxy) is 1. The van der Waals surface area contributed by atoms with Crippen molar-refractivity contribution in [3.05, 3.63) is 23.7 Å². The molecule has 1 amide bonds. The molecule has 0 spiro atoms. The number of amides is 1. The molecule has 0 unspecified atom stereocenters. The third kappa shape index (κ3) is 4.22. The van der Waals surface area contributed by atoms with E-state index in [1.807, 2.05) is 6.92 Å². The smallest absolute Gasteiger partial charge is 0.287 e. The van der Waals surface area contributed by atoms with Crippen LogP contribution in [0.1, 0.15) is 23.2 Å². The minimum atomic E-state index is -0.254. The number of furan rings is 1. The minimum absolute atomic E-state index is 0. The van der Waals surface area contributed by atoms with Crippen molar-refractivity contribution in [3.8, 4) is 0 Å². The predicted octanol–water partition coefficient (Wildman–Crippen LogP) is 0.925. The Balaban J connectivity index is 0.00000225. The second kappa shape index (κ2) is 7.27. The van der Waals surface area contributed by atoms with Crippen LogP contribution in [-0.4, -0.2) is 25.6 Å². The van der Waals surface area contributed by atoms with E-state index in [2.05, 4.69) is 5.32 Å². The number of carbonyl (C=O) groups is 1. The first-order chi connectivity index (χ1) is 7.17. The van der Waals surface area contributed by atoms with Crippen LogP contribution >= 0.6 is 12.4 Å². The molecule has 0 saturated carbocycles. The number of carbonyl (C=O) groups excluding carboxylic acids is 1. The highest BCUT2D eigenvalue weighted by atomic mass is 35.5. The van der Waals surface area contributed by atoms with E-state index >= 15 is 0 Å². The molecule has 0 radical (unpaired) electrons. The molecule has 0 bridgehead atoms. The Morgan fingerprint density at radius 3 is 2.88 bits per heavy atom. The first-order valence-corrected chi connectivity index (χ1v) is 4.76. The summed E-state index contributed by atoms with van der Waals surface area (Å²) in [5.74, 6) is 0.653. The average molecular weight is 249 g/mol. The first-order valence-electron chi connectivity index (χ1n) is 4.76. The monoisotopic (exact) mass is 248 g/mol. The molecule has 0 aliphatic rings. The molecular formula is C10H17ClN2O3. The van der Waals surface area contributed by atoms with Crippen molar-refractivity contribution >= 4 is 18.3 Å². The zero-order valence-corrected chi connectivity index (χ0v) is 10.2. The summed E-state index contributed by atoms with van der Waals surface area (Å²) >= 11 is 0. The van der Waals surface area contributed by atoms with Crippen LogP contribution in [0.15, 0.2) is 16.5 Å². The Hall–Kier alpha value is -1.04. The van der Waals surface area contributed by atoms with Crippen molar-refractivity contribution in [2.75, 3.05) is 13.7 Å². The molecular weight excluding hydrogens is 232 g/mol. The summed E-state index contributed by atoms with van der Waals surface area (Å²) in [5, 5.41) is 2.70. The molecule has 1 heterocycles. The molecule has 1 rings (SSSR count). The van der Waals surface area contributed by atoms with Crippen molar-refractivity contribution in [3.63, 3.8) is 0 Å². The Bertz CT molecular complexity index is 328. The summed E-state index contributed by atoms with van der Waals surface area (Å²) in [5.41, 5.74) is 5.39. The van der Waals surface area contributed by atoms with Crippen LogP contribution in [0.3, 0.4) is 0 Å². The lowest BCUT2D eigenvalue weighted by Gasteiger charge is -2.09. The maximum absolute atomic E-state index is 11.5. The van der Waals surface area contributed by atoms with Crippen molar-refractivity contribution in [1.82, 2.24) is 5.32 Å². The molecule has 0 aliphatic carbocycles. The SMILES string of the molecule is COCc1ccc(C(=O)N[C@H](C)CN)o1.Cl. The third-order valence-corrected chi connectivity index (χ3v) is 1.90. The number of hydrogen-bond donors (Lipinski definition) is 2. The van der Waals surface area contributed by atoms with Crippen LogP contribution in [0.25, 0.3) is 0 Å². The van der Waals surface area contributed by atoms with E-state index in [0.29, 0.717) is 18.9 Å². The first kappa shape index (κ1) is 15.0. The van der Waals surface area contributed by atoms with Gasteiger partial charge in [0.2, 0.25) is 0 Å². The van der Waals surface area contributed by atoms with Gasteiger partial charge in [-0.2, -0.15) is 0 Å². The fraction of sp³-hybridized carbons (Fsp3) is 0.500. The molecule has 1 aromatic heterocycles. The second-order valence-corrected chi connectivity index (χ2v) is 3.31. The molecule has 3 N–H and O–H groups in total. The molecule has 5 nitrogen and oxygen atoms in total.